The van der Waals surface area contributed by atoms with Crippen molar-refractivity contribution in [3.63, 3.8) is 0 Å². The minimum Gasteiger partial charge on any atom is -0.493 e. The van der Waals surface area contributed by atoms with Crippen LogP contribution in [0.5, 0.6) is 5.75 Å². The minimum absolute atomic E-state index is 0.308. The highest BCUT2D eigenvalue weighted by Crippen LogP contribution is 2.13. The molecule has 0 atom stereocenters. The van der Waals surface area contributed by atoms with E-state index in [-0.39, 0.29) is 5.97 Å². The number of esters is 1. The molecule has 0 spiro atoms. The zero-order valence-electron chi connectivity index (χ0n) is 11.8. The van der Waals surface area contributed by atoms with E-state index in [0.717, 1.165) is 11.6 Å². The van der Waals surface area contributed by atoms with Crippen LogP contribution in [0.1, 0.15) is 18.9 Å². The molecule has 1 N–H and O–H groups in total. The van der Waals surface area contributed by atoms with Crippen LogP contribution in [0, 0.1) is 0 Å². The Labute approximate surface area is 123 Å². The third-order valence-corrected chi connectivity index (χ3v) is 2.40. The van der Waals surface area contributed by atoms with Gasteiger partial charge in [-0.2, -0.15) is 0 Å². The molecule has 5 nitrogen and oxygen atoms in total. The van der Waals surface area contributed by atoms with Gasteiger partial charge in [0.15, 0.2) is 0 Å². The second kappa shape index (κ2) is 9.36. The molecule has 0 radical (unpaired) electrons. The van der Waals surface area contributed by atoms with Crippen LogP contribution in [-0.2, 0) is 14.3 Å². The lowest BCUT2D eigenvalue weighted by atomic mass is 10.2. The van der Waals surface area contributed by atoms with Crippen molar-refractivity contribution < 1.29 is 24.2 Å². The van der Waals surface area contributed by atoms with Gasteiger partial charge in [0.25, 0.3) is 0 Å². The number of ether oxygens (including phenoxy) is 2. The number of rotatable bonds is 8. The minimum atomic E-state index is -0.984. The second-order valence-electron chi connectivity index (χ2n) is 4.11. The summed E-state index contributed by atoms with van der Waals surface area (Å²) in [5, 5.41) is 8.52. The molecule has 0 bridgehead atoms. The Morgan fingerprint density at radius 2 is 1.86 bits per heavy atom. The van der Waals surface area contributed by atoms with Gasteiger partial charge >= 0.3 is 11.9 Å². The van der Waals surface area contributed by atoms with E-state index in [1.807, 2.05) is 0 Å². The summed E-state index contributed by atoms with van der Waals surface area (Å²) in [4.78, 5) is 21.4. The third kappa shape index (κ3) is 7.57. The van der Waals surface area contributed by atoms with Gasteiger partial charge in [-0.25, -0.2) is 9.59 Å². The van der Waals surface area contributed by atoms with Crippen LogP contribution in [0.2, 0.25) is 0 Å². The van der Waals surface area contributed by atoms with Crippen LogP contribution in [0.25, 0.3) is 6.08 Å². The van der Waals surface area contributed by atoms with Gasteiger partial charge < -0.3 is 14.6 Å². The van der Waals surface area contributed by atoms with Gasteiger partial charge in [0.2, 0.25) is 0 Å². The van der Waals surface area contributed by atoms with Gasteiger partial charge in [-0.1, -0.05) is 18.2 Å². The second-order valence-corrected chi connectivity index (χ2v) is 4.11. The van der Waals surface area contributed by atoms with Crippen molar-refractivity contribution in [3.05, 3.63) is 48.1 Å². The Kier molecular flexibility index (Phi) is 7.35. The van der Waals surface area contributed by atoms with Crippen LogP contribution < -0.4 is 4.74 Å². The maximum absolute atomic E-state index is 11.0. The van der Waals surface area contributed by atoms with Gasteiger partial charge in [-0.3, -0.25) is 0 Å². The van der Waals surface area contributed by atoms with Crippen molar-refractivity contribution in [2.75, 3.05) is 13.2 Å². The van der Waals surface area contributed by atoms with Crippen molar-refractivity contribution in [3.8, 4) is 5.75 Å². The molecule has 1 aromatic rings. The maximum atomic E-state index is 11.0. The molecule has 0 aliphatic heterocycles. The predicted molar refractivity (Wildman–Crippen MR) is 79.0 cm³/mol. The molecule has 0 aliphatic rings. The van der Waals surface area contributed by atoms with Crippen molar-refractivity contribution in [2.24, 2.45) is 0 Å². The summed E-state index contributed by atoms with van der Waals surface area (Å²) in [6.07, 6.45) is 6.18. The molecule has 0 amide bonds. The predicted octanol–water partition coefficient (Wildman–Crippen LogP) is 2.67. The van der Waals surface area contributed by atoms with Crippen LogP contribution >= 0.6 is 0 Å². The Bertz CT molecular complexity index is 514. The highest BCUT2D eigenvalue weighted by molar-refractivity contribution is 5.85. The standard InChI is InChI=1S/C16H18O5/c1-2-4-16(19)21-12-3-11-20-14-8-5-13(6-9-14)7-10-15(17)18/h2,4-10H,3,11-12H2,1H3,(H,17,18)/b4-2?,10-7+. The summed E-state index contributed by atoms with van der Waals surface area (Å²) < 4.78 is 10.4. The average Bonchev–Trinajstić information content (AvgIpc) is 2.46. The zero-order chi connectivity index (χ0) is 15.5. The Morgan fingerprint density at radius 1 is 1.14 bits per heavy atom. The molecule has 0 unspecified atom stereocenters. The molecule has 21 heavy (non-hydrogen) atoms. The third-order valence-electron chi connectivity index (χ3n) is 2.40. The van der Waals surface area contributed by atoms with Crippen LogP contribution in [-0.4, -0.2) is 30.3 Å². The summed E-state index contributed by atoms with van der Waals surface area (Å²) in [5.74, 6) is -0.655. The number of carbonyl (C=O) groups is 2. The number of hydrogen-bond donors (Lipinski definition) is 1. The van der Waals surface area contributed by atoms with Gasteiger partial charge in [0.1, 0.15) is 5.75 Å². The first kappa shape index (κ1) is 16.5. The molecular weight excluding hydrogens is 272 g/mol. The zero-order valence-corrected chi connectivity index (χ0v) is 11.8. The molecule has 112 valence electrons. The number of hydrogen-bond acceptors (Lipinski definition) is 4. The topological polar surface area (TPSA) is 72.8 Å². The fourth-order valence-corrected chi connectivity index (χ4v) is 1.45. The summed E-state index contributed by atoms with van der Waals surface area (Å²) in [6, 6.07) is 7.04. The molecule has 0 heterocycles. The van der Waals surface area contributed by atoms with E-state index >= 15 is 0 Å². The number of aliphatic carboxylic acids is 1. The first-order valence-electron chi connectivity index (χ1n) is 6.55. The number of benzene rings is 1. The molecule has 0 saturated carbocycles. The van der Waals surface area contributed by atoms with Gasteiger partial charge in [0, 0.05) is 18.6 Å². The van der Waals surface area contributed by atoms with E-state index in [4.69, 9.17) is 14.6 Å². The van der Waals surface area contributed by atoms with Gasteiger partial charge in [-0.05, 0) is 30.7 Å². The molecule has 1 aromatic carbocycles. The Balaban J connectivity index is 2.27. The first-order valence-corrected chi connectivity index (χ1v) is 6.55. The summed E-state index contributed by atoms with van der Waals surface area (Å²) in [6.45, 7) is 2.50. The summed E-state index contributed by atoms with van der Waals surface area (Å²) in [7, 11) is 0. The van der Waals surface area contributed by atoms with Gasteiger partial charge in [0.05, 0.1) is 13.2 Å². The van der Waals surface area contributed by atoms with Crippen molar-refractivity contribution >= 4 is 18.0 Å². The van der Waals surface area contributed by atoms with E-state index in [1.165, 1.54) is 12.2 Å². The number of allylic oxidation sites excluding steroid dienone is 1. The number of carboxylic acids is 1. The highest BCUT2D eigenvalue weighted by atomic mass is 16.5. The van der Waals surface area contributed by atoms with E-state index in [1.54, 1.807) is 37.3 Å². The normalized spacial score (nSPS) is 10.9. The molecule has 1 rings (SSSR count). The largest absolute Gasteiger partial charge is 0.493 e. The molecular formula is C16H18O5. The Morgan fingerprint density at radius 3 is 2.48 bits per heavy atom. The first-order chi connectivity index (χ1) is 10.1. The fourth-order valence-electron chi connectivity index (χ4n) is 1.45. The lowest BCUT2D eigenvalue weighted by molar-refractivity contribution is -0.138. The summed E-state index contributed by atoms with van der Waals surface area (Å²) in [5.41, 5.74) is 0.782. The fraction of sp³-hybridized carbons (Fsp3) is 0.250. The number of carbonyl (C=O) groups excluding carboxylic acids is 1. The molecule has 5 heteroatoms. The lowest BCUT2D eigenvalue weighted by Gasteiger charge is -2.06. The van der Waals surface area contributed by atoms with Crippen molar-refractivity contribution in [2.45, 2.75) is 13.3 Å². The van der Waals surface area contributed by atoms with Crippen LogP contribution in [0.15, 0.2) is 42.5 Å². The van der Waals surface area contributed by atoms with E-state index in [9.17, 15) is 9.59 Å². The quantitative estimate of drug-likeness (QED) is 0.452. The maximum Gasteiger partial charge on any atom is 0.330 e. The number of carboxylic acid groups (broad SMARTS) is 1. The monoisotopic (exact) mass is 290 g/mol. The van der Waals surface area contributed by atoms with E-state index in [2.05, 4.69) is 0 Å². The van der Waals surface area contributed by atoms with Gasteiger partial charge in [-0.15, -0.1) is 0 Å². The van der Waals surface area contributed by atoms with Crippen LogP contribution in [0.3, 0.4) is 0 Å². The SMILES string of the molecule is CC=CC(=O)OCCCOc1ccc(/C=C/C(=O)O)cc1. The summed E-state index contributed by atoms with van der Waals surface area (Å²) >= 11 is 0. The molecule has 0 fully saturated rings. The molecule has 0 aromatic heterocycles. The van der Waals surface area contributed by atoms with Crippen molar-refractivity contribution in [1.29, 1.82) is 0 Å². The lowest BCUT2D eigenvalue weighted by Crippen LogP contribution is -2.06. The van der Waals surface area contributed by atoms with E-state index < -0.39 is 5.97 Å². The Hall–Kier alpha value is -2.56. The molecule has 0 saturated heterocycles. The smallest absolute Gasteiger partial charge is 0.330 e. The molecule has 0 aliphatic carbocycles. The van der Waals surface area contributed by atoms with Crippen molar-refractivity contribution in [1.82, 2.24) is 0 Å². The van der Waals surface area contributed by atoms with Crippen LogP contribution in [0.4, 0.5) is 0 Å². The van der Waals surface area contributed by atoms with E-state index in [0.29, 0.717) is 25.4 Å². The highest BCUT2D eigenvalue weighted by Gasteiger charge is 1.97. The average molecular weight is 290 g/mol.